The number of hydrogen-bond acceptors (Lipinski definition) is 4. The van der Waals surface area contributed by atoms with Crippen LogP contribution in [0.3, 0.4) is 0 Å². The molecule has 0 radical (unpaired) electrons. The number of anilines is 2. The normalized spacial score (nSPS) is 10.4. The van der Waals surface area contributed by atoms with E-state index >= 15 is 0 Å². The smallest absolute Gasteiger partial charge is 0.248 e. The van der Waals surface area contributed by atoms with Crippen LogP contribution >= 0.6 is 44.1 Å². The van der Waals surface area contributed by atoms with Gasteiger partial charge in [0.05, 0.1) is 11.6 Å². The van der Waals surface area contributed by atoms with Crippen LogP contribution in [0.5, 0.6) is 5.75 Å². The van der Waals surface area contributed by atoms with Crippen LogP contribution in [0.2, 0.25) is 0 Å². The lowest BCUT2D eigenvalue weighted by Gasteiger charge is -2.09. The number of thiocarbonyl (C=S) groups is 1. The van der Waals surface area contributed by atoms with Crippen LogP contribution in [-0.2, 0) is 9.59 Å². The molecule has 2 rings (SSSR count). The standard InChI is InChI=1S/C19H17Br2N3O3S/c1-11(25)22-19(28)24-15-6-4-14(5-7-15)23-17(26)8-3-12-9-13(20)10-16(21)18(12)27-2/h3-10H,1-2H3,(H,23,26)(H2,22,24,25,28). The highest BCUT2D eigenvalue weighted by Crippen LogP contribution is 2.33. The lowest BCUT2D eigenvalue weighted by atomic mass is 10.2. The van der Waals surface area contributed by atoms with Crippen LogP contribution in [0, 0.1) is 0 Å². The van der Waals surface area contributed by atoms with Crippen molar-refractivity contribution in [1.29, 1.82) is 0 Å². The fraction of sp³-hybridized carbons (Fsp3) is 0.105. The van der Waals surface area contributed by atoms with E-state index in [9.17, 15) is 9.59 Å². The van der Waals surface area contributed by atoms with Crippen LogP contribution < -0.4 is 20.7 Å². The van der Waals surface area contributed by atoms with Crippen molar-refractivity contribution in [3.8, 4) is 5.75 Å². The van der Waals surface area contributed by atoms with Gasteiger partial charge in [0.15, 0.2) is 5.11 Å². The summed E-state index contributed by atoms with van der Waals surface area (Å²) in [5.41, 5.74) is 2.06. The monoisotopic (exact) mass is 525 g/mol. The highest BCUT2D eigenvalue weighted by molar-refractivity contribution is 9.11. The molecule has 0 heterocycles. The van der Waals surface area contributed by atoms with E-state index in [0.29, 0.717) is 17.1 Å². The molecule has 2 aromatic carbocycles. The van der Waals surface area contributed by atoms with Gasteiger partial charge in [-0.1, -0.05) is 15.9 Å². The molecule has 2 aromatic rings. The van der Waals surface area contributed by atoms with Gasteiger partial charge in [0.2, 0.25) is 11.8 Å². The first kappa shape index (κ1) is 22.1. The second-order valence-electron chi connectivity index (χ2n) is 5.55. The number of amides is 2. The number of benzene rings is 2. The number of hydrogen-bond donors (Lipinski definition) is 3. The maximum absolute atomic E-state index is 12.2. The summed E-state index contributed by atoms with van der Waals surface area (Å²) in [6.45, 7) is 1.38. The van der Waals surface area contributed by atoms with Gasteiger partial charge in [-0.15, -0.1) is 0 Å². The Morgan fingerprint density at radius 2 is 1.68 bits per heavy atom. The van der Waals surface area contributed by atoms with Gasteiger partial charge >= 0.3 is 0 Å². The first-order valence-electron chi connectivity index (χ1n) is 7.99. The summed E-state index contributed by atoms with van der Waals surface area (Å²) < 4.78 is 7.00. The van der Waals surface area contributed by atoms with Gasteiger partial charge in [0, 0.05) is 34.4 Å². The van der Waals surface area contributed by atoms with Gasteiger partial charge in [-0.05, 0) is 70.6 Å². The van der Waals surface area contributed by atoms with Crippen molar-refractivity contribution >= 4 is 78.5 Å². The molecular formula is C19H17Br2N3O3S. The molecule has 0 aliphatic rings. The lowest BCUT2D eigenvalue weighted by molar-refractivity contribution is -0.117. The molecule has 3 N–H and O–H groups in total. The van der Waals surface area contributed by atoms with Crippen molar-refractivity contribution in [2.45, 2.75) is 6.92 Å². The Kier molecular flexibility index (Phi) is 8.16. The second kappa shape index (κ2) is 10.4. The minimum absolute atomic E-state index is 0.210. The van der Waals surface area contributed by atoms with E-state index in [-0.39, 0.29) is 16.9 Å². The zero-order chi connectivity index (χ0) is 20.7. The molecule has 0 saturated heterocycles. The summed E-state index contributed by atoms with van der Waals surface area (Å²) in [4.78, 5) is 23.1. The van der Waals surface area contributed by atoms with E-state index in [1.54, 1.807) is 37.5 Å². The fourth-order valence-electron chi connectivity index (χ4n) is 2.23. The molecule has 146 valence electrons. The van der Waals surface area contributed by atoms with E-state index in [2.05, 4.69) is 47.8 Å². The van der Waals surface area contributed by atoms with Gasteiger partial charge < -0.3 is 20.7 Å². The number of rotatable bonds is 5. The molecule has 2 amide bonds. The summed E-state index contributed by atoms with van der Waals surface area (Å²) in [6.07, 6.45) is 3.10. The number of carbonyl (C=O) groups is 2. The predicted octanol–water partition coefficient (Wildman–Crippen LogP) is 4.71. The minimum Gasteiger partial charge on any atom is -0.495 e. The van der Waals surface area contributed by atoms with E-state index in [1.165, 1.54) is 13.0 Å². The van der Waals surface area contributed by atoms with E-state index in [1.807, 2.05) is 12.1 Å². The SMILES string of the molecule is COc1c(Br)cc(Br)cc1C=CC(=O)Nc1ccc(NC(=S)NC(C)=O)cc1. The Labute approximate surface area is 185 Å². The zero-order valence-corrected chi connectivity index (χ0v) is 19.0. The van der Waals surface area contributed by atoms with Crippen molar-refractivity contribution in [2.24, 2.45) is 0 Å². The Bertz CT molecular complexity index is 931. The molecule has 28 heavy (non-hydrogen) atoms. The van der Waals surface area contributed by atoms with E-state index in [4.69, 9.17) is 17.0 Å². The van der Waals surface area contributed by atoms with Crippen LogP contribution in [-0.4, -0.2) is 24.0 Å². The quantitative estimate of drug-likeness (QED) is 0.388. The van der Waals surface area contributed by atoms with Crippen molar-refractivity contribution in [3.63, 3.8) is 0 Å². The molecule has 0 fully saturated rings. The van der Waals surface area contributed by atoms with Crippen molar-refractivity contribution < 1.29 is 14.3 Å². The third-order valence-corrected chi connectivity index (χ3v) is 4.61. The van der Waals surface area contributed by atoms with Gasteiger partial charge in [0.25, 0.3) is 0 Å². The first-order valence-corrected chi connectivity index (χ1v) is 9.98. The van der Waals surface area contributed by atoms with E-state index in [0.717, 1.165) is 14.5 Å². The number of carbonyl (C=O) groups excluding carboxylic acids is 2. The average Bonchev–Trinajstić information content (AvgIpc) is 2.60. The molecule has 9 heteroatoms. The summed E-state index contributed by atoms with van der Waals surface area (Å²) in [7, 11) is 1.57. The number of methoxy groups -OCH3 is 1. The Balaban J connectivity index is 2.01. The topological polar surface area (TPSA) is 79.5 Å². The van der Waals surface area contributed by atoms with Gasteiger partial charge in [-0.25, -0.2) is 0 Å². The zero-order valence-electron chi connectivity index (χ0n) is 15.0. The molecule has 0 aromatic heterocycles. The molecule has 0 aliphatic carbocycles. The highest BCUT2D eigenvalue weighted by atomic mass is 79.9. The second-order valence-corrected chi connectivity index (χ2v) is 7.72. The maximum Gasteiger partial charge on any atom is 0.248 e. The molecule has 0 bridgehead atoms. The van der Waals surface area contributed by atoms with Gasteiger partial charge in [-0.3, -0.25) is 9.59 Å². The van der Waals surface area contributed by atoms with Crippen molar-refractivity contribution in [1.82, 2.24) is 5.32 Å². The van der Waals surface area contributed by atoms with Crippen molar-refractivity contribution in [3.05, 3.63) is 57.0 Å². The summed E-state index contributed by atoms with van der Waals surface area (Å²) in [5.74, 6) is 0.104. The molecule has 0 aliphatic heterocycles. The fourth-order valence-corrected chi connectivity index (χ4v) is 3.91. The highest BCUT2D eigenvalue weighted by Gasteiger charge is 2.08. The third kappa shape index (κ3) is 6.74. The maximum atomic E-state index is 12.2. The number of nitrogens with one attached hydrogen (secondary N) is 3. The number of ether oxygens (including phenoxy) is 1. The molecular weight excluding hydrogens is 510 g/mol. The Hall–Kier alpha value is -2.23. The first-order chi connectivity index (χ1) is 13.3. The van der Waals surface area contributed by atoms with Crippen LogP contribution in [0.15, 0.2) is 51.4 Å². The van der Waals surface area contributed by atoms with Crippen LogP contribution in [0.25, 0.3) is 6.08 Å². The molecule has 0 spiro atoms. The summed E-state index contributed by atoms with van der Waals surface area (Å²) in [6, 6.07) is 10.6. The Morgan fingerprint density at radius 3 is 2.25 bits per heavy atom. The molecule has 6 nitrogen and oxygen atoms in total. The molecule has 0 unspecified atom stereocenters. The predicted molar refractivity (Wildman–Crippen MR) is 123 cm³/mol. The summed E-state index contributed by atoms with van der Waals surface area (Å²) >= 11 is 11.8. The van der Waals surface area contributed by atoms with Crippen LogP contribution in [0.1, 0.15) is 12.5 Å². The molecule has 0 saturated carbocycles. The van der Waals surface area contributed by atoms with Crippen molar-refractivity contribution in [2.75, 3.05) is 17.7 Å². The Morgan fingerprint density at radius 1 is 1.07 bits per heavy atom. The minimum atomic E-state index is -0.285. The van der Waals surface area contributed by atoms with Gasteiger partial charge in [-0.2, -0.15) is 0 Å². The van der Waals surface area contributed by atoms with Gasteiger partial charge in [0.1, 0.15) is 5.75 Å². The van der Waals surface area contributed by atoms with E-state index < -0.39 is 0 Å². The van der Waals surface area contributed by atoms with Crippen LogP contribution in [0.4, 0.5) is 11.4 Å². The average molecular weight is 527 g/mol. The summed E-state index contributed by atoms with van der Waals surface area (Å²) in [5, 5.41) is 8.33. The molecule has 0 atom stereocenters. The number of halogens is 2. The largest absolute Gasteiger partial charge is 0.495 e. The third-order valence-electron chi connectivity index (χ3n) is 3.36. The lowest BCUT2D eigenvalue weighted by Crippen LogP contribution is -2.32.